The fourth-order valence-electron chi connectivity index (χ4n) is 5.00. The van der Waals surface area contributed by atoms with Gasteiger partial charge in [0.15, 0.2) is 1.37 Å². The Hall–Kier alpha value is -8.13. The molecule has 92 heavy (non-hydrogen) atoms. The summed E-state index contributed by atoms with van der Waals surface area (Å²) in [6, 6.07) is -0.236. The third kappa shape index (κ3) is 50.6. The molecule has 7 amide bonds. The van der Waals surface area contributed by atoms with Gasteiger partial charge in [0.2, 0.25) is 41.1 Å². The van der Waals surface area contributed by atoms with Gasteiger partial charge in [-0.3, -0.25) is 52.7 Å². The largest absolute Gasteiger partial charge is 1.00 e. The van der Waals surface area contributed by atoms with Crippen LogP contribution in [0.25, 0.3) is 0 Å². The van der Waals surface area contributed by atoms with Gasteiger partial charge in [-0.1, -0.05) is 60.0 Å². The number of benzene rings is 1. The minimum absolute atomic E-state index is 0. The predicted molar refractivity (Wildman–Crippen MR) is 322 cm³/mol. The maximum absolute atomic E-state index is 12.7. The first-order chi connectivity index (χ1) is 42.1. The van der Waals surface area contributed by atoms with E-state index in [1.54, 1.807) is 51.4 Å². The monoisotopic (exact) mass is 1380 g/mol. The van der Waals surface area contributed by atoms with Gasteiger partial charge in [0, 0.05) is 19.0 Å². The van der Waals surface area contributed by atoms with Gasteiger partial charge in [-0.15, -0.1) is 0 Å². The molecule has 0 radical (unpaired) electrons. The first kappa shape index (κ1) is 92.6. The Morgan fingerprint density at radius 1 is 0.587 bits per heavy atom. The highest BCUT2D eigenvalue weighted by Crippen LogP contribution is 2.18. The molecule has 0 aliphatic carbocycles. The molecule has 1 rings (SSSR count). The number of hydrogen-bond donors (Lipinski definition) is 11. The maximum Gasteiger partial charge on any atom is 0.471 e. The summed E-state index contributed by atoms with van der Waals surface area (Å²) >= 11 is 3.33. The second-order valence-electron chi connectivity index (χ2n) is 18.7. The van der Waals surface area contributed by atoms with Gasteiger partial charge >= 0.3 is 48.1 Å². The van der Waals surface area contributed by atoms with Gasteiger partial charge in [-0.2, -0.15) is 39.5 Å². The molecule has 0 unspecified atom stereocenters. The summed E-state index contributed by atoms with van der Waals surface area (Å²) in [6.07, 6.45) is -16.5. The molecule has 0 aliphatic rings. The van der Waals surface area contributed by atoms with Crippen molar-refractivity contribution in [3.05, 3.63) is 35.9 Å². The highest BCUT2D eigenvalue weighted by atomic mass is 32.1. The van der Waals surface area contributed by atoms with Crippen LogP contribution in [0.2, 0.25) is 4.24 Å². The van der Waals surface area contributed by atoms with Gasteiger partial charge in [0.1, 0.15) is 40.9 Å². The Bertz CT molecular complexity index is 2520. The van der Waals surface area contributed by atoms with Crippen molar-refractivity contribution in [2.75, 3.05) is 13.7 Å². The van der Waals surface area contributed by atoms with E-state index in [4.69, 9.17) is 15.1 Å². The number of Topliss-reactive ketones (excluding diaryl/α,β-unsaturated/α-hetero) is 4. The number of alkyl carbamates (subject to hydrolysis) is 1. The maximum atomic E-state index is 12.7. The lowest BCUT2D eigenvalue weighted by Crippen LogP contribution is -2.54. The van der Waals surface area contributed by atoms with E-state index in [2.05, 4.69) is 43.2 Å². The average Bonchev–Trinajstić information content (AvgIpc) is 0.876. The SMILES string of the molecule is C.C.C.C.COC(=O)[C@@H](C)NC(=O)[C@@H](C)NC(=O)[C@H](CCCCNC(=O)C(F)(F)F)NC(=O)OC(C)(C)C.N=S.[2H-].[2H-].[2H]C(=O)OCc1ccccc1.[2H]N[C@H](C)C(=O)N[C@@H](C)C=O.[2H]N[C@H](C)C(=O)N[C@H](C)C(=O)C(=O)C(F)(F)F.[2H]N[C@H](C)C(=O)N[C@H](C)C(=O)C(=O)C(F)(F)F. The topological polar surface area (TPSA) is 453 Å². The minimum Gasteiger partial charge on any atom is -1.00 e. The number of rotatable bonds is 27. The van der Waals surface area contributed by atoms with Crippen LogP contribution in [-0.2, 0) is 95.6 Å². The second-order valence-corrected chi connectivity index (χ2v) is 18.7. The first-order valence-corrected chi connectivity index (χ1v) is 25.6. The van der Waals surface area contributed by atoms with Crippen LogP contribution in [0.4, 0.5) is 44.3 Å². The van der Waals surface area contributed by atoms with E-state index in [9.17, 15) is 107 Å². The summed E-state index contributed by atoms with van der Waals surface area (Å²) < 4.78 is 154. The summed E-state index contributed by atoms with van der Waals surface area (Å²) in [5.41, 5.74) is 5.63. The standard InChI is InChI=1S/C20H33F3N4O7.2C8H11F3N2O3.C8H8O2.C6H12N2O2.4CH4.HNS.2H/c1-11(14(28)26-12(2)16(30)33-6)25-15(29)13(27-18(32)34-19(3,4)5)9-7-8-10-24-17(31)20(21,22)23;2*1-3(12)7(16)13-4(2)5(14)6(15)8(9,10)11;9-7-10-6-8-4-2-1-3-5-8;1-4(3-9)8-6(10)5(2)7;;;;;1-2;;/h11-13H,7-10H2,1-6H3,(H,24,31)(H,25,29)(H,26,28)(H,27,32);2*3-4H,12H2,1-2H3,(H,13,16);1-5,7H,6H2;3-5H,7H2,1-2H3,(H,8,10);4*1H4;1H;;/q;;;;;;;;;;2*-1/t11-,12-,13+;2*3-,4-;;4-,5+;;;;;;;/m111.0......./s1/i;;;7D;;;;;;;2*1+1/hD3. The molecule has 0 saturated heterocycles. The van der Waals surface area contributed by atoms with Crippen LogP contribution in [0.5, 0.6) is 0 Å². The van der Waals surface area contributed by atoms with E-state index >= 15 is 0 Å². The minimum atomic E-state index is -5.25. The van der Waals surface area contributed by atoms with E-state index in [-0.39, 0.29) is 70.9 Å². The molecule has 28 nitrogen and oxygen atoms in total. The van der Waals surface area contributed by atoms with Crippen molar-refractivity contribution in [1.29, 1.82) is 4.78 Å². The van der Waals surface area contributed by atoms with Gasteiger partial charge < -0.3 is 76.3 Å². The van der Waals surface area contributed by atoms with Crippen molar-refractivity contribution in [3.63, 3.8) is 0 Å². The Labute approximate surface area is 543 Å². The van der Waals surface area contributed by atoms with E-state index in [0.29, 0.717) is 6.29 Å². The summed E-state index contributed by atoms with van der Waals surface area (Å²) in [7, 11) is 1.15. The highest BCUT2D eigenvalue weighted by Gasteiger charge is 2.46. The fourth-order valence-corrected chi connectivity index (χ4v) is 5.00. The molecule has 1 aromatic rings. The summed E-state index contributed by atoms with van der Waals surface area (Å²) in [5.74, 6) is -14.8. The molecule has 0 heterocycles. The van der Waals surface area contributed by atoms with Crippen molar-refractivity contribution in [1.82, 2.24) is 37.2 Å². The summed E-state index contributed by atoms with van der Waals surface area (Å²) in [5, 5.41) is 15.0. The molecule has 14 N–H and O–H groups in total. The second kappa shape index (κ2) is 51.5. The molecule has 0 aromatic heterocycles. The number of ether oxygens (including phenoxy) is 3. The Balaban J connectivity index is -0.000000112. The lowest BCUT2D eigenvalue weighted by Gasteiger charge is -2.24. The van der Waals surface area contributed by atoms with E-state index in [1.807, 2.05) is 46.7 Å². The quantitative estimate of drug-likeness (QED) is 0.0150. The normalized spacial score (nSPS) is 13.8. The predicted octanol–water partition coefficient (Wildman–Crippen LogP) is 3.45. The number of halogens is 9. The van der Waals surface area contributed by atoms with Crippen molar-refractivity contribution < 1.29 is 129 Å². The number of nitrogens with two attached hydrogens (primary N) is 3. The molecule has 1 aromatic carbocycles. The van der Waals surface area contributed by atoms with Gasteiger partial charge in [-0.25, -0.2) is 14.4 Å². The fraction of sp³-hybridized carbons (Fsp3) is 0.630. The zero-order valence-electron chi connectivity index (χ0n) is 55.4. The zero-order valence-corrected chi connectivity index (χ0v) is 50.3. The summed E-state index contributed by atoms with van der Waals surface area (Å²) in [4.78, 5) is 156. The molecule has 0 saturated carbocycles. The number of methoxy groups -OCH3 is 1. The average molecular weight is 1380 g/mol. The molecule has 0 spiro atoms. The van der Waals surface area contributed by atoms with Crippen LogP contribution >= 0.6 is 0 Å². The van der Waals surface area contributed by atoms with Gasteiger partial charge in [0.25, 0.3) is 6.45 Å². The molecule has 0 aliphatic heterocycles. The number of ketones is 4. The lowest BCUT2D eigenvalue weighted by atomic mass is 10.1. The van der Waals surface area contributed by atoms with Crippen molar-refractivity contribution in [2.24, 2.45) is 17.2 Å². The third-order valence-electron chi connectivity index (χ3n) is 9.50. The van der Waals surface area contributed by atoms with Crippen LogP contribution in [0, 0.1) is 4.78 Å². The van der Waals surface area contributed by atoms with Crippen molar-refractivity contribution in [2.45, 2.75) is 210 Å². The Morgan fingerprint density at radius 2 is 0.978 bits per heavy atom. The van der Waals surface area contributed by atoms with Crippen LogP contribution < -0.4 is 54.4 Å². The molecular weight excluding hydrogens is 1280 g/mol. The van der Waals surface area contributed by atoms with Crippen LogP contribution in [0.3, 0.4) is 0 Å². The van der Waals surface area contributed by atoms with E-state index in [0.717, 1.165) is 26.5 Å². The Morgan fingerprint density at radius 3 is 1.33 bits per heavy atom. The number of alkyl halides is 9. The number of esters is 1. The number of carbonyl (C=O) groups is 14. The number of carbonyl (C=O) groups excluding carboxylic acids is 14. The number of unbranched alkanes of at least 4 members (excludes halogenated alkanes) is 1. The first-order valence-electron chi connectivity index (χ1n) is 27.2. The van der Waals surface area contributed by atoms with Crippen molar-refractivity contribution >= 4 is 95.8 Å². The van der Waals surface area contributed by atoms with Crippen LogP contribution in [0.1, 0.15) is 135 Å². The highest BCUT2D eigenvalue weighted by molar-refractivity contribution is 7.45. The van der Waals surface area contributed by atoms with Gasteiger partial charge in [-0.05, 0) is 101 Å². The smallest absolute Gasteiger partial charge is 0.471 e. The molecular formula is C54H94F9N11O17S-2. The number of amides is 7. The van der Waals surface area contributed by atoms with E-state index < -0.39 is 150 Å². The van der Waals surface area contributed by atoms with E-state index in [1.165, 1.54) is 27.7 Å². The van der Waals surface area contributed by atoms with Crippen LogP contribution in [0.15, 0.2) is 30.3 Å². The molecule has 538 valence electrons. The van der Waals surface area contributed by atoms with Crippen LogP contribution in [-0.4, -0.2) is 176 Å². The molecule has 9 atom stereocenters. The number of aldehydes is 1. The lowest BCUT2D eigenvalue weighted by molar-refractivity contribution is -0.175. The Kier molecular flexibility index (Phi) is 51.8. The third-order valence-corrected chi connectivity index (χ3v) is 9.50. The number of hydrogen-bond acceptors (Lipinski definition) is 22. The molecule has 0 bridgehead atoms. The molecule has 0 fully saturated rings. The summed E-state index contributed by atoms with van der Waals surface area (Å²) in [6.45, 7) is 15.0. The number of nitrogens with one attached hydrogen (secondary N) is 8. The van der Waals surface area contributed by atoms with Gasteiger partial charge in [0.05, 0.1) is 43.4 Å². The zero-order chi connectivity index (χ0) is 73.2. The molecule has 38 heteroatoms. The van der Waals surface area contributed by atoms with Crippen molar-refractivity contribution in [3.8, 4) is 0 Å².